The average Bonchev–Trinajstić information content (AvgIpc) is 2.41. The Hall–Kier alpha value is -2.48. The Kier molecular flexibility index (Phi) is 3.71. The second-order valence-corrected chi connectivity index (χ2v) is 4.07. The van der Waals surface area contributed by atoms with Crippen molar-refractivity contribution in [1.82, 2.24) is 9.89 Å². The average molecular weight is 279 g/mol. The van der Waals surface area contributed by atoms with Gasteiger partial charge in [0.05, 0.1) is 12.8 Å². The van der Waals surface area contributed by atoms with Gasteiger partial charge in [-0.3, -0.25) is 4.79 Å². The molecule has 2 aromatic rings. The molecule has 0 saturated carbocycles. The summed E-state index contributed by atoms with van der Waals surface area (Å²) in [6.07, 6.45) is 0. The van der Waals surface area contributed by atoms with Crippen LogP contribution in [0, 0.1) is 0 Å². The van der Waals surface area contributed by atoms with Crippen LogP contribution in [0.1, 0.15) is 0 Å². The molecular formula is C11H9N3O4S. The zero-order valence-electron chi connectivity index (χ0n) is 9.85. The molecule has 1 aromatic carbocycles. The molecule has 1 heterocycles. The van der Waals surface area contributed by atoms with E-state index in [9.17, 15) is 13.2 Å². The van der Waals surface area contributed by atoms with Gasteiger partial charge in [0.15, 0.2) is 0 Å². The van der Waals surface area contributed by atoms with Crippen LogP contribution in [-0.2, 0) is 10.5 Å². The highest BCUT2D eigenvalue weighted by Crippen LogP contribution is 2.19. The van der Waals surface area contributed by atoms with Gasteiger partial charge >= 0.3 is 10.5 Å². The van der Waals surface area contributed by atoms with Gasteiger partial charge in [0, 0.05) is 11.6 Å². The van der Waals surface area contributed by atoms with Crippen molar-refractivity contribution in [2.45, 2.75) is 0 Å². The molecule has 19 heavy (non-hydrogen) atoms. The minimum atomic E-state index is -2.74. The Bertz CT molecular complexity index is 770. The molecule has 0 aliphatic heterocycles. The van der Waals surface area contributed by atoms with E-state index in [-0.39, 0.29) is 0 Å². The minimum Gasteiger partial charge on any atom is -0.497 e. The van der Waals surface area contributed by atoms with Crippen LogP contribution in [0.2, 0.25) is 0 Å². The highest BCUT2D eigenvalue weighted by atomic mass is 32.2. The Morgan fingerprint density at radius 2 is 1.84 bits per heavy atom. The van der Waals surface area contributed by atoms with Crippen LogP contribution in [0.25, 0.3) is 11.3 Å². The number of benzene rings is 1. The van der Waals surface area contributed by atoms with Crippen molar-refractivity contribution >= 4 is 10.5 Å². The van der Waals surface area contributed by atoms with Crippen molar-refractivity contribution in [2.75, 3.05) is 7.11 Å². The van der Waals surface area contributed by atoms with Gasteiger partial charge in [-0.1, -0.05) is 4.79 Å². The lowest BCUT2D eigenvalue weighted by Gasteiger charge is -2.03. The third kappa shape index (κ3) is 3.05. The van der Waals surface area contributed by atoms with Crippen molar-refractivity contribution in [2.24, 2.45) is 4.47 Å². The third-order valence-electron chi connectivity index (χ3n) is 2.31. The van der Waals surface area contributed by atoms with Crippen molar-refractivity contribution in [3.63, 3.8) is 0 Å². The van der Waals surface area contributed by atoms with Gasteiger partial charge in [-0.05, 0) is 34.8 Å². The second kappa shape index (κ2) is 5.44. The summed E-state index contributed by atoms with van der Waals surface area (Å²) >= 11 is 0. The topological polar surface area (TPSA) is 90.6 Å². The SMILES string of the molecule is COc1ccc(-c2ccc(=O)n(N=S(=O)=O)n2)cc1. The fourth-order valence-electron chi connectivity index (χ4n) is 1.44. The lowest BCUT2D eigenvalue weighted by Crippen LogP contribution is -2.17. The molecule has 8 heteroatoms. The molecule has 0 radical (unpaired) electrons. The summed E-state index contributed by atoms with van der Waals surface area (Å²) < 4.78 is 29.0. The Labute approximate surface area is 109 Å². The van der Waals surface area contributed by atoms with Crippen LogP contribution in [0.5, 0.6) is 5.75 Å². The van der Waals surface area contributed by atoms with Crippen molar-refractivity contribution in [1.29, 1.82) is 0 Å². The van der Waals surface area contributed by atoms with Crippen LogP contribution in [0.15, 0.2) is 45.7 Å². The zero-order chi connectivity index (χ0) is 13.8. The fraction of sp³-hybridized carbons (Fsp3) is 0.0909. The second-order valence-electron chi connectivity index (χ2n) is 3.47. The first kappa shape index (κ1) is 13.0. The van der Waals surface area contributed by atoms with E-state index in [0.29, 0.717) is 21.8 Å². The van der Waals surface area contributed by atoms with Gasteiger partial charge in [-0.2, -0.15) is 8.42 Å². The molecule has 1 aromatic heterocycles. The molecule has 0 atom stereocenters. The van der Waals surface area contributed by atoms with Gasteiger partial charge < -0.3 is 4.74 Å². The first-order chi connectivity index (χ1) is 9.10. The minimum absolute atomic E-state index is 0.427. The van der Waals surface area contributed by atoms with E-state index < -0.39 is 16.1 Å². The van der Waals surface area contributed by atoms with E-state index in [1.54, 1.807) is 31.4 Å². The van der Waals surface area contributed by atoms with Gasteiger partial charge in [0.1, 0.15) is 5.75 Å². The van der Waals surface area contributed by atoms with Crippen molar-refractivity contribution < 1.29 is 13.2 Å². The monoisotopic (exact) mass is 279 g/mol. The summed E-state index contributed by atoms with van der Waals surface area (Å²) in [4.78, 5) is 11.9. The van der Waals surface area contributed by atoms with E-state index >= 15 is 0 Å². The smallest absolute Gasteiger partial charge is 0.334 e. The number of rotatable bonds is 3. The van der Waals surface area contributed by atoms with Crippen molar-refractivity contribution in [3.8, 4) is 17.0 Å². The molecule has 2 rings (SSSR count). The molecule has 7 nitrogen and oxygen atoms in total. The third-order valence-corrected chi connectivity index (χ3v) is 2.60. The zero-order valence-corrected chi connectivity index (χ0v) is 10.7. The number of ether oxygens (including phenoxy) is 1. The molecular weight excluding hydrogens is 270 g/mol. The van der Waals surface area contributed by atoms with E-state index in [1.165, 1.54) is 12.1 Å². The van der Waals surface area contributed by atoms with Crippen LogP contribution >= 0.6 is 0 Å². The summed E-state index contributed by atoms with van der Waals surface area (Å²) in [5.41, 5.74) is 0.513. The van der Waals surface area contributed by atoms with Crippen LogP contribution < -0.4 is 10.3 Å². The fourth-order valence-corrected chi connectivity index (χ4v) is 1.68. The van der Waals surface area contributed by atoms with Gasteiger partial charge in [0.2, 0.25) is 0 Å². The number of methoxy groups -OCH3 is 1. The summed E-state index contributed by atoms with van der Waals surface area (Å²) in [6.45, 7) is 0. The van der Waals surface area contributed by atoms with Crippen LogP contribution in [0.3, 0.4) is 0 Å². The van der Waals surface area contributed by atoms with Gasteiger partial charge in [0.25, 0.3) is 5.56 Å². The predicted octanol–water partition coefficient (Wildman–Crippen LogP) is 0.745. The number of nitrogens with zero attached hydrogens (tertiary/aromatic N) is 3. The van der Waals surface area contributed by atoms with Crippen LogP contribution in [-0.4, -0.2) is 25.4 Å². The maximum absolute atomic E-state index is 11.4. The summed E-state index contributed by atoms with van der Waals surface area (Å²) in [5, 5.41) is 3.84. The Morgan fingerprint density at radius 3 is 2.42 bits per heavy atom. The maximum Gasteiger partial charge on any atom is 0.334 e. The molecule has 98 valence electrons. The predicted molar refractivity (Wildman–Crippen MR) is 67.2 cm³/mol. The lowest BCUT2D eigenvalue weighted by molar-refractivity contribution is 0.415. The van der Waals surface area contributed by atoms with E-state index in [1.807, 2.05) is 0 Å². The summed E-state index contributed by atoms with van der Waals surface area (Å²) in [5.74, 6) is 0.683. The Balaban J connectivity index is 2.50. The highest BCUT2D eigenvalue weighted by molar-refractivity contribution is 7.61. The maximum atomic E-state index is 11.4. The van der Waals surface area contributed by atoms with E-state index in [2.05, 4.69) is 9.57 Å². The molecule has 0 unspecified atom stereocenters. The quantitative estimate of drug-likeness (QED) is 0.826. The standard InChI is InChI=1S/C11H9N3O4S/c1-18-9-4-2-8(3-5-9)10-6-7-11(15)14(12-10)13-19(16)17/h2-7H,1H3. The van der Waals surface area contributed by atoms with E-state index in [0.717, 1.165) is 0 Å². The number of hydrogen-bond acceptors (Lipinski definition) is 6. The molecule has 0 saturated heterocycles. The highest BCUT2D eigenvalue weighted by Gasteiger charge is 2.03. The normalized spacial score (nSPS) is 9.95. The summed E-state index contributed by atoms with van der Waals surface area (Å²) in [6, 6.07) is 9.63. The largest absolute Gasteiger partial charge is 0.497 e. The van der Waals surface area contributed by atoms with Crippen LogP contribution in [0.4, 0.5) is 0 Å². The first-order valence-corrected chi connectivity index (χ1v) is 6.19. The molecule has 0 amide bonds. The molecule has 0 spiro atoms. The molecule has 0 fully saturated rings. The molecule has 0 aliphatic carbocycles. The summed E-state index contributed by atoms with van der Waals surface area (Å²) in [7, 11) is -1.19. The van der Waals surface area contributed by atoms with E-state index in [4.69, 9.17) is 4.74 Å². The number of hydrogen-bond donors (Lipinski definition) is 0. The van der Waals surface area contributed by atoms with Gasteiger partial charge in [-0.15, -0.1) is 5.10 Å². The number of aromatic nitrogens is 2. The first-order valence-electron chi connectivity index (χ1n) is 5.16. The Morgan fingerprint density at radius 1 is 1.16 bits per heavy atom. The molecule has 0 bridgehead atoms. The molecule has 0 aliphatic rings. The lowest BCUT2D eigenvalue weighted by atomic mass is 10.1. The van der Waals surface area contributed by atoms with Crippen molar-refractivity contribution in [3.05, 3.63) is 46.8 Å². The van der Waals surface area contributed by atoms with Gasteiger partial charge in [-0.25, -0.2) is 0 Å². The molecule has 0 N–H and O–H groups in total.